The number of rotatable bonds is 8. The van der Waals surface area contributed by atoms with E-state index in [1.165, 1.54) is 0 Å². The van der Waals surface area contributed by atoms with Crippen LogP contribution in [0.15, 0.2) is 0 Å². The van der Waals surface area contributed by atoms with E-state index >= 15 is 0 Å². The van der Waals surface area contributed by atoms with E-state index in [0.717, 1.165) is 6.42 Å². The Morgan fingerprint density at radius 2 is 1.83 bits per heavy atom. The van der Waals surface area contributed by atoms with E-state index in [9.17, 15) is 9.59 Å². The lowest BCUT2D eigenvalue weighted by Gasteiger charge is -2.21. The molecule has 0 bridgehead atoms. The second-order valence-corrected chi connectivity index (χ2v) is 4.37. The van der Waals surface area contributed by atoms with Crippen LogP contribution < -0.4 is 0 Å². The van der Waals surface area contributed by atoms with Gasteiger partial charge in [0.25, 0.3) is 0 Å². The number of aliphatic carboxylic acids is 1. The highest BCUT2D eigenvalue weighted by Crippen LogP contribution is 2.23. The van der Waals surface area contributed by atoms with Crippen molar-refractivity contribution in [2.45, 2.75) is 41.0 Å². The van der Waals surface area contributed by atoms with E-state index in [4.69, 9.17) is 14.9 Å². The van der Waals surface area contributed by atoms with Gasteiger partial charge in [0.05, 0.1) is 18.4 Å². The van der Waals surface area contributed by atoms with Crippen LogP contribution in [0.1, 0.15) is 41.0 Å². The van der Waals surface area contributed by atoms with Gasteiger partial charge in [-0.05, 0) is 12.3 Å². The Hall–Kier alpha value is -1.10. The van der Waals surface area contributed by atoms with Gasteiger partial charge >= 0.3 is 11.9 Å². The van der Waals surface area contributed by atoms with Crippen LogP contribution in [0.4, 0.5) is 0 Å². The zero-order chi connectivity index (χ0) is 13.4. The number of hydrogen-bond acceptors (Lipinski definition) is 4. The Labute approximate surface area is 109 Å². The number of esters is 1. The Bertz CT molecular complexity index is 252. The molecule has 0 aromatic carbocycles. The van der Waals surface area contributed by atoms with Crippen LogP contribution in [0.2, 0.25) is 0 Å². The van der Waals surface area contributed by atoms with Crippen LogP contribution in [0.25, 0.3) is 0 Å². The normalized spacial score (nSPS) is 15.1. The molecule has 0 heterocycles. The second kappa shape index (κ2) is 9.88. The molecule has 0 aliphatic rings. The molecule has 5 heteroatoms. The fourth-order valence-corrected chi connectivity index (χ4v) is 1.56. The third-order valence-corrected chi connectivity index (χ3v) is 2.98. The fourth-order valence-electron chi connectivity index (χ4n) is 1.56. The zero-order valence-corrected chi connectivity index (χ0v) is 10.7. The van der Waals surface area contributed by atoms with Crippen molar-refractivity contribution in [1.82, 2.24) is 0 Å². The molecule has 0 spiro atoms. The molecule has 3 unspecified atom stereocenters. The summed E-state index contributed by atoms with van der Waals surface area (Å²) in [5.41, 5.74) is 0. The summed E-state index contributed by atoms with van der Waals surface area (Å²) in [6, 6.07) is 0. The largest absolute Gasteiger partial charge is 0.481 e. The SMILES string of the molecule is C.CCC(C)CC(C(=O)O)C(C)C(=O)OCCO. The number of aliphatic hydroxyl groups is 1. The summed E-state index contributed by atoms with van der Waals surface area (Å²) in [7, 11) is 0. The summed E-state index contributed by atoms with van der Waals surface area (Å²) in [4.78, 5) is 22.6. The average Bonchev–Trinajstić information content (AvgIpc) is 2.31. The van der Waals surface area contributed by atoms with Gasteiger partial charge in [0.1, 0.15) is 6.61 Å². The first kappa shape index (κ1) is 19.2. The highest BCUT2D eigenvalue weighted by molar-refractivity contribution is 5.80. The first-order valence-corrected chi connectivity index (χ1v) is 5.94. The number of hydrogen-bond donors (Lipinski definition) is 2. The Morgan fingerprint density at radius 1 is 1.28 bits per heavy atom. The topological polar surface area (TPSA) is 83.8 Å². The third-order valence-electron chi connectivity index (χ3n) is 2.98. The van der Waals surface area contributed by atoms with E-state index in [1.807, 2.05) is 13.8 Å². The molecule has 0 saturated carbocycles. The number of carbonyl (C=O) groups is 2. The first-order valence-electron chi connectivity index (χ1n) is 5.94. The molecular weight excluding hydrogens is 236 g/mol. The minimum Gasteiger partial charge on any atom is -0.481 e. The third kappa shape index (κ3) is 6.59. The van der Waals surface area contributed by atoms with E-state index in [0.29, 0.717) is 6.42 Å². The zero-order valence-electron chi connectivity index (χ0n) is 10.7. The van der Waals surface area contributed by atoms with Crippen LogP contribution in [-0.4, -0.2) is 35.4 Å². The number of carboxylic acids is 1. The van der Waals surface area contributed by atoms with Crippen LogP contribution in [0.3, 0.4) is 0 Å². The molecule has 0 radical (unpaired) electrons. The molecule has 0 saturated heterocycles. The maximum atomic E-state index is 11.5. The van der Waals surface area contributed by atoms with E-state index in [-0.39, 0.29) is 26.6 Å². The van der Waals surface area contributed by atoms with E-state index in [1.54, 1.807) is 6.92 Å². The van der Waals surface area contributed by atoms with Crippen LogP contribution in [0, 0.1) is 17.8 Å². The lowest BCUT2D eigenvalue weighted by molar-refractivity contribution is -0.158. The van der Waals surface area contributed by atoms with Crippen molar-refractivity contribution in [3.63, 3.8) is 0 Å². The van der Waals surface area contributed by atoms with Gasteiger partial charge in [-0.3, -0.25) is 9.59 Å². The van der Waals surface area contributed by atoms with Crippen molar-refractivity contribution in [3.8, 4) is 0 Å². The molecule has 18 heavy (non-hydrogen) atoms. The van der Waals surface area contributed by atoms with Gasteiger partial charge in [-0.25, -0.2) is 0 Å². The molecule has 0 aromatic rings. The van der Waals surface area contributed by atoms with E-state index < -0.39 is 23.8 Å². The highest BCUT2D eigenvalue weighted by Gasteiger charge is 2.31. The van der Waals surface area contributed by atoms with Gasteiger partial charge in [-0.2, -0.15) is 0 Å². The highest BCUT2D eigenvalue weighted by atomic mass is 16.5. The number of ether oxygens (including phenoxy) is 1. The van der Waals surface area contributed by atoms with Gasteiger partial charge in [-0.15, -0.1) is 0 Å². The van der Waals surface area contributed by atoms with Gasteiger partial charge < -0.3 is 14.9 Å². The predicted octanol–water partition coefficient (Wildman–Crippen LogP) is 1.93. The molecule has 0 aliphatic heterocycles. The molecule has 5 nitrogen and oxygen atoms in total. The molecule has 0 rings (SSSR count). The molecule has 0 aromatic heterocycles. The predicted molar refractivity (Wildman–Crippen MR) is 69.1 cm³/mol. The van der Waals surface area contributed by atoms with Crippen molar-refractivity contribution >= 4 is 11.9 Å². The van der Waals surface area contributed by atoms with Crippen LogP contribution >= 0.6 is 0 Å². The molecular formula is C13H26O5. The number of carboxylic acid groups (broad SMARTS) is 1. The Kier molecular flexibility index (Phi) is 10.6. The molecule has 2 N–H and O–H groups in total. The summed E-state index contributed by atoms with van der Waals surface area (Å²) in [5, 5.41) is 17.6. The quantitative estimate of drug-likeness (QED) is 0.653. The van der Waals surface area contributed by atoms with Crippen molar-refractivity contribution in [2.24, 2.45) is 17.8 Å². The molecule has 0 fully saturated rings. The molecule has 108 valence electrons. The lowest BCUT2D eigenvalue weighted by Crippen LogP contribution is -2.31. The lowest BCUT2D eigenvalue weighted by atomic mass is 9.85. The summed E-state index contributed by atoms with van der Waals surface area (Å²) in [5.74, 6) is -2.69. The molecule has 3 atom stereocenters. The standard InChI is InChI=1S/C12H22O5.CH4/c1-4-8(2)7-10(11(14)15)9(3)12(16)17-6-5-13;/h8-10,13H,4-7H2,1-3H3,(H,14,15);1H4. The van der Waals surface area contributed by atoms with Gasteiger partial charge in [-0.1, -0.05) is 34.6 Å². The maximum Gasteiger partial charge on any atom is 0.309 e. The van der Waals surface area contributed by atoms with Crippen LogP contribution in [0.5, 0.6) is 0 Å². The van der Waals surface area contributed by atoms with Crippen molar-refractivity contribution in [2.75, 3.05) is 13.2 Å². The minimum absolute atomic E-state index is 0. The summed E-state index contributed by atoms with van der Waals surface area (Å²) in [6.07, 6.45) is 1.34. The number of aliphatic hydroxyl groups excluding tert-OH is 1. The molecule has 0 aliphatic carbocycles. The van der Waals surface area contributed by atoms with Crippen LogP contribution in [-0.2, 0) is 14.3 Å². The van der Waals surface area contributed by atoms with E-state index in [2.05, 4.69) is 0 Å². The Balaban J connectivity index is 0. The monoisotopic (exact) mass is 262 g/mol. The van der Waals surface area contributed by atoms with Gasteiger partial charge in [0.2, 0.25) is 0 Å². The maximum absolute atomic E-state index is 11.5. The summed E-state index contributed by atoms with van der Waals surface area (Å²) in [6.45, 7) is 5.17. The number of carbonyl (C=O) groups excluding carboxylic acids is 1. The van der Waals surface area contributed by atoms with Gasteiger partial charge in [0, 0.05) is 0 Å². The molecule has 0 amide bonds. The average molecular weight is 262 g/mol. The summed E-state index contributed by atoms with van der Waals surface area (Å²) >= 11 is 0. The van der Waals surface area contributed by atoms with Crippen molar-refractivity contribution < 1.29 is 24.5 Å². The Morgan fingerprint density at radius 3 is 2.22 bits per heavy atom. The summed E-state index contributed by atoms with van der Waals surface area (Å²) < 4.78 is 4.75. The smallest absolute Gasteiger partial charge is 0.309 e. The van der Waals surface area contributed by atoms with Crippen molar-refractivity contribution in [1.29, 1.82) is 0 Å². The fraction of sp³-hybridized carbons (Fsp3) is 0.846. The van der Waals surface area contributed by atoms with Gasteiger partial charge in [0.15, 0.2) is 0 Å². The second-order valence-electron chi connectivity index (χ2n) is 4.37. The minimum atomic E-state index is -0.973. The van der Waals surface area contributed by atoms with Crippen molar-refractivity contribution in [3.05, 3.63) is 0 Å². The first-order chi connectivity index (χ1) is 7.93.